The van der Waals surface area contributed by atoms with E-state index >= 15 is 0 Å². The number of hydrogen-bond acceptors (Lipinski definition) is 3. The summed E-state index contributed by atoms with van der Waals surface area (Å²) in [6.45, 7) is 5.64. The molecule has 2 atom stereocenters. The van der Waals surface area contributed by atoms with E-state index < -0.39 is 23.8 Å². The van der Waals surface area contributed by atoms with Crippen LogP contribution in [-0.4, -0.2) is 18.0 Å². The van der Waals surface area contributed by atoms with E-state index in [1.165, 1.54) is 25.1 Å². The molecule has 0 radical (unpaired) electrons. The highest BCUT2D eigenvalue weighted by atomic mass is 19.1. The highest BCUT2D eigenvalue weighted by Gasteiger charge is 2.20. The molecule has 4 nitrogen and oxygen atoms in total. The molecule has 2 aromatic rings. The maximum absolute atomic E-state index is 13.2. The number of para-hydroxylation sites is 1. The predicted octanol–water partition coefficient (Wildman–Crippen LogP) is 4.52. The Morgan fingerprint density at radius 1 is 1.12 bits per heavy atom. The van der Waals surface area contributed by atoms with Crippen LogP contribution in [0.4, 0.5) is 10.1 Å². The van der Waals surface area contributed by atoms with Crippen LogP contribution in [0.2, 0.25) is 0 Å². The number of benzene rings is 2. The van der Waals surface area contributed by atoms with Crippen LogP contribution < -0.4 is 5.32 Å². The fourth-order valence-electron chi connectivity index (χ4n) is 2.39. The fraction of sp³-hybridized carbons (Fsp3) is 0.300. The van der Waals surface area contributed by atoms with Crippen molar-refractivity contribution >= 4 is 17.6 Å². The third-order valence-corrected chi connectivity index (χ3v) is 4.08. The van der Waals surface area contributed by atoms with Gasteiger partial charge < -0.3 is 10.1 Å². The second-order valence-corrected chi connectivity index (χ2v) is 5.94. The summed E-state index contributed by atoms with van der Waals surface area (Å²) in [7, 11) is 0. The Bertz CT molecular complexity index is 760. The molecular formula is C20H22FNO3. The van der Waals surface area contributed by atoms with Gasteiger partial charge in [-0.3, -0.25) is 4.79 Å². The molecule has 1 N–H and O–H groups in total. The first-order valence-electron chi connectivity index (χ1n) is 8.28. The summed E-state index contributed by atoms with van der Waals surface area (Å²) in [5.41, 5.74) is 1.80. The topological polar surface area (TPSA) is 55.4 Å². The van der Waals surface area contributed by atoms with Gasteiger partial charge >= 0.3 is 5.97 Å². The van der Waals surface area contributed by atoms with Crippen LogP contribution in [0.25, 0.3) is 0 Å². The number of hydrogen-bond donors (Lipinski definition) is 1. The molecule has 0 unspecified atom stereocenters. The molecule has 2 rings (SSSR count). The number of amides is 1. The smallest absolute Gasteiger partial charge is 0.339 e. The van der Waals surface area contributed by atoms with Crippen LogP contribution in [0, 0.1) is 5.82 Å². The third kappa shape index (κ3) is 4.89. The van der Waals surface area contributed by atoms with E-state index in [1.807, 2.05) is 24.3 Å². The van der Waals surface area contributed by atoms with Gasteiger partial charge in [0.15, 0.2) is 6.10 Å². The third-order valence-electron chi connectivity index (χ3n) is 4.08. The molecule has 0 saturated heterocycles. The number of carbonyl (C=O) groups excluding carboxylic acids is 2. The molecule has 0 aliphatic heterocycles. The number of nitrogens with one attached hydrogen (secondary N) is 1. The van der Waals surface area contributed by atoms with Gasteiger partial charge in [-0.2, -0.15) is 0 Å². The lowest BCUT2D eigenvalue weighted by Crippen LogP contribution is -2.30. The molecule has 0 aromatic heterocycles. The van der Waals surface area contributed by atoms with Crippen molar-refractivity contribution in [2.75, 3.05) is 5.32 Å². The van der Waals surface area contributed by atoms with Gasteiger partial charge in [0.25, 0.3) is 5.91 Å². The zero-order chi connectivity index (χ0) is 18.4. The van der Waals surface area contributed by atoms with Crippen LogP contribution in [0.5, 0.6) is 0 Å². The van der Waals surface area contributed by atoms with Gasteiger partial charge in [-0.05, 0) is 49.1 Å². The minimum atomic E-state index is -0.999. The van der Waals surface area contributed by atoms with E-state index in [4.69, 9.17) is 4.74 Å². The molecule has 0 aliphatic carbocycles. The van der Waals surface area contributed by atoms with Crippen LogP contribution in [0.15, 0.2) is 48.5 Å². The van der Waals surface area contributed by atoms with E-state index in [0.717, 1.165) is 18.1 Å². The van der Waals surface area contributed by atoms with Crippen molar-refractivity contribution in [1.29, 1.82) is 0 Å². The molecule has 5 heteroatoms. The van der Waals surface area contributed by atoms with Gasteiger partial charge in [0, 0.05) is 5.69 Å². The minimum absolute atomic E-state index is 0.0691. The first-order valence-corrected chi connectivity index (χ1v) is 8.28. The van der Waals surface area contributed by atoms with Crippen LogP contribution in [0.3, 0.4) is 0 Å². The van der Waals surface area contributed by atoms with Crippen molar-refractivity contribution in [1.82, 2.24) is 0 Å². The molecule has 0 bridgehead atoms. The van der Waals surface area contributed by atoms with E-state index in [1.54, 1.807) is 0 Å². The number of rotatable bonds is 6. The van der Waals surface area contributed by atoms with E-state index in [0.29, 0.717) is 11.6 Å². The lowest BCUT2D eigenvalue weighted by Gasteiger charge is -2.18. The number of ether oxygens (including phenoxy) is 1. The predicted molar refractivity (Wildman–Crippen MR) is 95.1 cm³/mol. The number of esters is 1. The highest BCUT2D eigenvalue weighted by Crippen LogP contribution is 2.26. The molecule has 1 amide bonds. The average Bonchev–Trinajstić information content (AvgIpc) is 2.61. The molecule has 132 valence electrons. The summed E-state index contributed by atoms with van der Waals surface area (Å²) in [6.07, 6.45) is -0.0578. The summed E-state index contributed by atoms with van der Waals surface area (Å²) in [4.78, 5) is 24.4. The molecule has 25 heavy (non-hydrogen) atoms. The summed E-state index contributed by atoms with van der Waals surface area (Å²) >= 11 is 0. The summed E-state index contributed by atoms with van der Waals surface area (Å²) in [5, 5.41) is 2.80. The van der Waals surface area contributed by atoms with Gasteiger partial charge in [-0.25, -0.2) is 9.18 Å². The van der Waals surface area contributed by atoms with Gasteiger partial charge in [0.1, 0.15) is 5.82 Å². The lowest BCUT2D eigenvalue weighted by atomic mass is 9.97. The largest absolute Gasteiger partial charge is 0.449 e. The highest BCUT2D eigenvalue weighted by molar-refractivity contribution is 5.97. The van der Waals surface area contributed by atoms with Crippen molar-refractivity contribution in [3.05, 3.63) is 65.5 Å². The molecule has 0 spiro atoms. The van der Waals surface area contributed by atoms with Gasteiger partial charge in [0.2, 0.25) is 0 Å². The summed E-state index contributed by atoms with van der Waals surface area (Å²) < 4.78 is 18.3. The number of halogens is 1. The molecule has 0 heterocycles. The number of anilines is 1. The van der Waals surface area contributed by atoms with Crippen molar-refractivity contribution in [2.24, 2.45) is 0 Å². The molecule has 2 aromatic carbocycles. The van der Waals surface area contributed by atoms with Gasteiger partial charge in [-0.15, -0.1) is 0 Å². The zero-order valence-electron chi connectivity index (χ0n) is 14.6. The van der Waals surface area contributed by atoms with Crippen molar-refractivity contribution in [3.63, 3.8) is 0 Å². The molecular weight excluding hydrogens is 321 g/mol. The SMILES string of the molecule is CC[C@@H](C)c1ccccc1NC(=O)[C@H](C)OC(=O)c1cccc(F)c1. The average molecular weight is 343 g/mol. The van der Waals surface area contributed by atoms with Crippen LogP contribution >= 0.6 is 0 Å². The standard InChI is InChI=1S/C20H22FNO3/c1-4-13(2)17-10-5-6-11-18(17)22-19(23)14(3)25-20(24)15-8-7-9-16(21)12-15/h5-14H,4H2,1-3H3,(H,22,23)/t13-,14+/m1/s1. The number of carbonyl (C=O) groups is 2. The minimum Gasteiger partial charge on any atom is -0.449 e. The molecule has 0 saturated carbocycles. The second-order valence-electron chi connectivity index (χ2n) is 5.94. The van der Waals surface area contributed by atoms with E-state index in [-0.39, 0.29) is 5.56 Å². The van der Waals surface area contributed by atoms with Gasteiger partial charge in [0.05, 0.1) is 5.56 Å². The normalized spacial score (nSPS) is 13.0. The second kappa shape index (κ2) is 8.42. The maximum atomic E-state index is 13.2. The van der Waals surface area contributed by atoms with Crippen molar-refractivity contribution < 1.29 is 18.7 Å². The summed E-state index contributed by atoms with van der Waals surface area (Å²) in [6, 6.07) is 12.7. The first kappa shape index (κ1) is 18.6. The Morgan fingerprint density at radius 2 is 1.84 bits per heavy atom. The Kier molecular flexibility index (Phi) is 6.28. The van der Waals surface area contributed by atoms with E-state index in [9.17, 15) is 14.0 Å². The molecule has 0 aliphatic rings. The zero-order valence-corrected chi connectivity index (χ0v) is 14.6. The lowest BCUT2D eigenvalue weighted by molar-refractivity contribution is -0.123. The summed E-state index contributed by atoms with van der Waals surface area (Å²) in [5.74, 6) is -1.41. The van der Waals surface area contributed by atoms with Crippen molar-refractivity contribution in [3.8, 4) is 0 Å². The van der Waals surface area contributed by atoms with Crippen LogP contribution in [-0.2, 0) is 9.53 Å². The Balaban J connectivity index is 2.05. The fourth-order valence-corrected chi connectivity index (χ4v) is 2.39. The maximum Gasteiger partial charge on any atom is 0.339 e. The van der Waals surface area contributed by atoms with Crippen LogP contribution in [0.1, 0.15) is 49.0 Å². The van der Waals surface area contributed by atoms with Crippen molar-refractivity contribution in [2.45, 2.75) is 39.2 Å². The molecule has 0 fully saturated rings. The first-order chi connectivity index (χ1) is 11.9. The van der Waals surface area contributed by atoms with E-state index in [2.05, 4.69) is 19.2 Å². The quantitative estimate of drug-likeness (QED) is 0.785. The monoisotopic (exact) mass is 343 g/mol. The Labute approximate surface area is 147 Å². The Morgan fingerprint density at radius 3 is 2.52 bits per heavy atom. The Hall–Kier alpha value is -2.69. The van der Waals surface area contributed by atoms with Gasteiger partial charge in [-0.1, -0.05) is 38.1 Å².